The second-order valence-corrected chi connectivity index (χ2v) is 7.00. The van der Waals surface area contributed by atoms with Crippen LogP contribution in [0.3, 0.4) is 0 Å². The summed E-state index contributed by atoms with van der Waals surface area (Å²) in [5.41, 5.74) is 1.47. The van der Waals surface area contributed by atoms with Crippen LogP contribution in [0.4, 0.5) is 5.69 Å². The minimum absolute atomic E-state index is 0.133. The molecule has 148 valence electrons. The lowest BCUT2D eigenvalue weighted by Gasteiger charge is -2.34. The highest BCUT2D eigenvalue weighted by Gasteiger charge is 2.33. The van der Waals surface area contributed by atoms with Gasteiger partial charge in [-0.2, -0.15) is 0 Å². The summed E-state index contributed by atoms with van der Waals surface area (Å²) < 4.78 is 11.5. The van der Waals surface area contributed by atoms with Gasteiger partial charge in [0, 0.05) is 11.6 Å². The molecule has 2 amide bonds. The lowest BCUT2D eigenvalue weighted by molar-refractivity contribution is -0.128. The van der Waals surface area contributed by atoms with Crippen LogP contribution >= 0.6 is 11.6 Å². The normalized spacial score (nSPS) is 15.4. The summed E-state index contributed by atoms with van der Waals surface area (Å²) in [5, 5.41) is 3.43. The number of hydrogen-bond acceptors (Lipinski definition) is 4. The fourth-order valence-electron chi connectivity index (χ4n) is 2.96. The Hall–Kier alpha value is -2.73. The van der Waals surface area contributed by atoms with E-state index in [2.05, 4.69) is 5.32 Å². The second-order valence-electron chi connectivity index (χ2n) is 6.57. The minimum Gasteiger partial charge on any atom is -0.483 e. The van der Waals surface area contributed by atoms with Gasteiger partial charge in [0.1, 0.15) is 11.5 Å². The maximum absolute atomic E-state index is 12.9. The van der Waals surface area contributed by atoms with Crippen LogP contribution in [0.2, 0.25) is 5.02 Å². The van der Waals surface area contributed by atoms with Gasteiger partial charge in [0.15, 0.2) is 12.7 Å². The fourth-order valence-corrected chi connectivity index (χ4v) is 3.19. The summed E-state index contributed by atoms with van der Waals surface area (Å²) in [6.45, 7) is 4.38. The van der Waals surface area contributed by atoms with E-state index < -0.39 is 6.10 Å². The van der Waals surface area contributed by atoms with Crippen molar-refractivity contribution in [2.75, 3.05) is 24.6 Å². The topological polar surface area (TPSA) is 67.9 Å². The Morgan fingerprint density at radius 2 is 2.07 bits per heavy atom. The van der Waals surface area contributed by atoms with Crippen LogP contribution in [-0.2, 0) is 9.59 Å². The number of carbonyl (C=O) groups is 2. The van der Waals surface area contributed by atoms with Crippen LogP contribution in [0.5, 0.6) is 11.5 Å². The Morgan fingerprint density at radius 1 is 1.29 bits per heavy atom. The molecule has 0 saturated heterocycles. The number of rotatable bonds is 6. The zero-order valence-corrected chi connectivity index (χ0v) is 16.7. The summed E-state index contributed by atoms with van der Waals surface area (Å²) >= 11 is 5.96. The number of hydrogen-bond donors (Lipinski definition) is 1. The molecule has 7 heteroatoms. The Labute approximate surface area is 169 Å². The molecule has 28 heavy (non-hydrogen) atoms. The molecule has 0 radical (unpaired) electrons. The van der Waals surface area contributed by atoms with Gasteiger partial charge in [0.05, 0.1) is 12.2 Å². The standard InChI is InChI=1S/C21H23ClN2O4/c1-3-10-23-21(26)19-12-24(16-6-4-5-7-18(16)28-19)20(25)13-27-17-9-8-15(22)11-14(17)2/h4-9,11,19H,3,10,12-13H2,1-2H3,(H,23,26)/t19-/m1/s1. The number of anilines is 1. The summed E-state index contributed by atoms with van der Waals surface area (Å²) in [6, 6.07) is 12.4. The van der Waals surface area contributed by atoms with Crippen molar-refractivity contribution in [1.82, 2.24) is 5.32 Å². The summed E-state index contributed by atoms with van der Waals surface area (Å²) in [6.07, 6.45) is 0.0640. The zero-order valence-electron chi connectivity index (χ0n) is 15.9. The molecule has 0 fully saturated rings. The van der Waals surface area contributed by atoms with Crippen LogP contribution in [0.1, 0.15) is 18.9 Å². The molecule has 2 aromatic carbocycles. The number of ether oxygens (including phenoxy) is 2. The summed E-state index contributed by atoms with van der Waals surface area (Å²) in [4.78, 5) is 26.8. The molecule has 6 nitrogen and oxygen atoms in total. The molecular weight excluding hydrogens is 380 g/mol. The SMILES string of the molecule is CCCNC(=O)[C@H]1CN(C(=O)COc2ccc(Cl)cc2C)c2ccccc2O1. The molecule has 3 rings (SSSR count). The first kappa shape index (κ1) is 20.0. The molecule has 0 unspecified atom stereocenters. The van der Waals surface area contributed by atoms with Gasteiger partial charge >= 0.3 is 0 Å². The maximum Gasteiger partial charge on any atom is 0.265 e. The Kier molecular flexibility index (Phi) is 6.41. The largest absolute Gasteiger partial charge is 0.483 e. The lowest BCUT2D eigenvalue weighted by Crippen LogP contribution is -2.51. The van der Waals surface area contributed by atoms with Crippen molar-refractivity contribution in [3.05, 3.63) is 53.1 Å². The van der Waals surface area contributed by atoms with Gasteiger partial charge in [-0.25, -0.2) is 0 Å². The van der Waals surface area contributed by atoms with Crippen LogP contribution in [-0.4, -0.2) is 37.6 Å². The van der Waals surface area contributed by atoms with Crippen LogP contribution in [0.25, 0.3) is 0 Å². The van der Waals surface area contributed by atoms with Gasteiger partial charge < -0.3 is 19.7 Å². The smallest absolute Gasteiger partial charge is 0.265 e. The van der Waals surface area contributed by atoms with Gasteiger partial charge in [-0.3, -0.25) is 9.59 Å². The van der Waals surface area contributed by atoms with E-state index in [-0.39, 0.29) is 25.0 Å². The molecule has 1 aliphatic rings. The number of para-hydroxylation sites is 2. The first-order valence-electron chi connectivity index (χ1n) is 9.22. The third-order valence-electron chi connectivity index (χ3n) is 4.40. The number of fused-ring (bicyclic) bond motifs is 1. The molecular formula is C21H23ClN2O4. The highest BCUT2D eigenvalue weighted by atomic mass is 35.5. The molecule has 1 aliphatic heterocycles. The number of aryl methyl sites for hydroxylation is 1. The number of halogens is 1. The second kappa shape index (κ2) is 8.97. The molecule has 2 aromatic rings. The molecule has 1 N–H and O–H groups in total. The predicted octanol–water partition coefficient (Wildman–Crippen LogP) is 3.35. The molecule has 0 aromatic heterocycles. The van der Waals surface area contributed by atoms with Crippen LogP contribution < -0.4 is 19.7 Å². The molecule has 1 atom stereocenters. The molecule has 0 aliphatic carbocycles. The van der Waals surface area contributed by atoms with E-state index in [4.69, 9.17) is 21.1 Å². The Bertz CT molecular complexity index is 871. The summed E-state index contributed by atoms with van der Waals surface area (Å²) in [7, 11) is 0. The number of benzene rings is 2. The highest BCUT2D eigenvalue weighted by molar-refractivity contribution is 6.30. The van der Waals surface area contributed by atoms with Crippen LogP contribution in [0.15, 0.2) is 42.5 Å². The van der Waals surface area contributed by atoms with Crippen molar-refractivity contribution in [1.29, 1.82) is 0 Å². The average molecular weight is 403 g/mol. The van der Waals surface area contributed by atoms with Gasteiger partial charge in [0.25, 0.3) is 11.8 Å². The lowest BCUT2D eigenvalue weighted by atomic mass is 10.1. The van der Waals surface area contributed by atoms with Gasteiger partial charge in [-0.1, -0.05) is 30.7 Å². The van der Waals surface area contributed by atoms with Crippen molar-refractivity contribution in [3.63, 3.8) is 0 Å². The molecule has 0 bridgehead atoms. The fraction of sp³-hybridized carbons (Fsp3) is 0.333. The van der Waals surface area contributed by atoms with Crippen molar-refractivity contribution in [2.24, 2.45) is 0 Å². The summed E-state index contributed by atoms with van der Waals surface area (Å²) in [5.74, 6) is 0.611. The van der Waals surface area contributed by atoms with Crippen LogP contribution in [0, 0.1) is 6.92 Å². The number of carbonyl (C=O) groups excluding carboxylic acids is 2. The third kappa shape index (κ3) is 4.57. The number of nitrogens with one attached hydrogen (secondary N) is 1. The van der Waals surface area contributed by atoms with E-state index in [1.165, 1.54) is 0 Å². The first-order valence-corrected chi connectivity index (χ1v) is 9.60. The van der Waals surface area contributed by atoms with Gasteiger partial charge in [-0.05, 0) is 49.2 Å². The highest BCUT2D eigenvalue weighted by Crippen LogP contribution is 2.33. The van der Waals surface area contributed by atoms with Crippen molar-refractivity contribution >= 4 is 29.1 Å². The van der Waals surface area contributed by atoms with E-state index >= 15 is 0 Å². The quantitative estimate of drug-likeness (QED) is 0.804. The Morgan fingerprint density at radius 3 is 2.82 bits per heavy atom. The van der Waals surface area contributed by atoms with E-state index in [9.17, 15) is 9.59 Å². The Balaban J connectivity index is 1.74. The van der Waals surface area contributed by atoms with E-state index in [1.54, 1.807) is 41.3 Å². The number of nitrogens with zero attached hydrogens (tertiary/aromatic N) is 1. The number of amides is 2. The van der Waals surface area contributed by atoms with E-state index in [0.717, 1.165) is 12.0 Å². The zero-order chi connectivity index (χ0) is 20.1. The molecule has 0 saturated carbocycles. The third-order valence-corrected chi connectivity index (χ3v) is 4.64. The van der Waals surface area contributed by atoms with Crippen molar-refractivity contribution in [3.8, 4) is 11.5 Å². The van der Waals surface area contributed by atoms with E-state index in [1.807, 2.05) is 19.9 Å². The first-order chi connectivity index (χ1) is 13.5. The van der Waals surface area contributed by atoms with Crippen molar-refractivity contribution in [2.45, 2.75) is 26.4 Å². The molecule has 0 spiro atoms. The van der Waals surface area contributed by atoms with Gasteiger partial charge in [-0.15, -0.1) is 0 Å². The van der Waals surface area contributed by atoms with E-state index in [0.29, 0.717) is 28.8 Å². The van der Waals surface area contributed by atoms with Gasteiger partial charge in [0.2, 0.25) is 0 Å². The minimum atomic E-state index is -0.761. The van der Waals surface area contributed by atoms with Crippen molar-refractivity contribution < 1.29 is 19.1 Å². The molecule has 1 heterocycles. The monoisotopic (exact) mass is 402 g/mol. The maximum atomic E-state index is 12.9. The average Bonchev–Trinajstić information content (AvgIpc) is 2.70. The predicted molar refractivity (Wildman–Crippen MR) is 108 cm³/mol.